The second-order valence-corrected chi connectivity index (χ2v) is 6.97. The Morgan fingerprint density at radius 3 is 2.52 bits per heavy atom. The molecule has 27 heavy (non-hydrogen) atoms. The number of carboxylic acid groups (broad SMARTS) is 1. The topological polar surface area (TPSA) is 102 Å². The largest absolute Gasteiger partial charge is 0.480 e. The number of urea groups is 1. The average Bonchev–Trinajstić information content (AvgIpc) is 2.51. The third-order valence-electron chi connectivity index (χ3n) is 4.92. The number of likely N-dealkylation sites (N-methyl/N-ethyl adjacent to an activating group) is 1. The molecule has 11 heteroatoms. The van der Waals surface area contributed by atoms with E-state index in [2.05, 4.69) is 10.6 Å². The van der Waals surface area contributed by atoms with Gasteiger partial charge in [0.2, 0.25) is 5.91 Å². The Hall–Kier alpha value is -2.04. The molecule has 1 heterocycles. The van der Waals surface area contributed by atoms with E-state index in [0.29, 0.717) is 32.2 Å². The summed E-state index contributed by atoms with van der Waals surface area (Å²) in [6.07, 6.45) is -2.60. The molecule has 3 amide bonds. The number of hydrogen-bond acceptors (Lipinski definition) is 4. The first kappa shape index (κ1) is 21.3. The maximum absolute atomic E-state index is 12.5. The molecular formula is C16H25F3N4O4. The predicted octanol–water partition coefficient (Wildman–Crippen LogP) is 0.776. The number of halogens is 3. The van der Waals surface area contributed by atoms with Crippen molar-refractivity contribution in [1.82, 2.24) is 20.4 Å². The fourth-order valence-corrected chi connectivity index (χ4v) is 3.51. The SMILES string of the molecule is CCN(CC(=O)O)C1CC(NC(=O)NC2CCCN(CC(F)(F)F)C2=O)C1. The summed E-state index contributed by atoms with van der Waals surface area (Å²) in [6.45, 7) is 1.09. The zero-order chi connectivity index (χ0) is 20.2. The lowest BCUT2D eigenvalue weighted by Gasteiger charge is -2.42. The minimum Gasteiger partial charge on any atom is -0.480 e. The van der Waals surface area contributed by atoms with Gasteiger partial charge in [0, 0.05) is 18.6 Å². The molecule has 1 atom stereocenters. The highest BCUT2D eigenvalue weighted by Crippen LogP contribution is 2.25. The molecule has 0 bridgehead atoms. The van der Waals surface area contributed by atoms with Crippen LogP contribution in [0.4, 0.5) is 18.0 Å². The van der Waals surface area contributed by atoms with E-state index in [1.165, 1.54) is 0 Å². The van der Waals surface area contributed by atoms with Crippen LogP contribution in [0.15, 0.2) is 0 Å². The molecule has 2 fully saturated rings. The van der Waals surface area contributed by atoms with E-state index in [9.17, 15) is 27.6 Å². The molecule has 1 aliphatic carbocycles. The maximum atomic E-state index is 12.5. The Balaban J connectivity index is 1.76. The normalized spacial score (nSPS) is 25.9. The smallest absolute Gasteiger partial charge is 0.406 e. The van der Waals surface area contributed by atoms with Gasteiger partial charge >= 0.3 is 18.2 Å². The van der Waals surface area contributed by atoms with Gasteiger partial charge in [-0.3, -0.25) is 14.5 Å². The number of aliphatic carboxylic acids is 1. The minimum atomic E-state index is -4.47. The molecular weight excluding hydrogens is 369 g/mol. The van der Waals surface area contributed by atoms with Gasteiger partial charge in [-0.1, -0.05) is 6.92 Å². The van der Waals surface area contributed by atoms with E-state index in [0.717, 1.165) is 4.90 Å². The van der Waals surface area contributed by atoms with Crippen LogP contribution >= 0.6 is 0 Å². The summed E-state index contributed by atoms with van der Waals surface area (Å²) in [5.41, 5.74) is 0. The van der Waals surface area contributed by atoms with Crippen LogP contribution < -0.4 is 10.6 Å². The minimum absolute atomic E-state index is 0.0267. The summed E-state index contributed by atoms with van der Waals surface area (Å²) in [6, 6.07) is -1.64. The number of rotatable bonds is 7. The number of piperidine rings is 1. The molecule has 154 valence electrons. The van der Waals surface area contributed by atoms with E-state index in [4.69, 9.17) is 5.11 Å². The Kier molecular flexibility index (Phi) is 6.90. The number of carbonyl (C=O) groups is 3. The second kappa shape index (κ2) is 8.77. The first-order chi connectivity index (χ1) is 12.6. The summed E-state index contributed by atoms with van der Waals surface area (Å²) in [7, 11) is 0. The molecule has 0 spiro atoms. The molecule has 0 aromatic heterocycles. The third-order valence-corrected chi connectivity index (χ3v) is 4.92. The molecule has 1 saturated carbocycles. The number of carboxylic acids is 1. The standard InChI is InChI=1S/C16H25F3N4O4/c1-2-22(8-13(24)25)11-6-10(7-11)20-15(27)21-12-4-3-5-23(14(12)26)9-16(17,18)19/h10-12H,2-9H2,1H3,(H,24,25)(H2,20,21,27). The van der Waals surface area contributed by atoms with Crippen molar-refractivity contribution in [2.45, 2.75) is 56.9 Å². The van der Waals surface area contributed by atoms with Crippen molar-refractivity contribution in [3.63, 3.8) is 0 Å². The highest BCUT2D eigenvalue weighted by atomic mass is 19.4. The van der Waals surface area contributed by atoms with Gasteiger partial charge in [-0.05, 0) is 32.2 Å². The first-order valence-corrected chi connectivity index (χ1v) is 8.97. The lowest BCUT2D eigenvalue weighted by atomic mass is 9.85. The summed E-state index contributed by atoms with van der Waals surface area (Å²) >= 11 is 0. The van der Waals surface area contributed by atoms with Crippen LogP contribution in [-0.2, 0) is 9.59 Å². The number of alkyl halides is 3. The van der Waals surface area contributed by atoms with E-state index in [-0.39, 0.29) is 25.2 Å². The Morgan fingerprint density at radius 1 is 1.30 bits per heavy atom. The lowest BCUT2D eigenvalue weighted by molar-refractivity contribution is -0.164. The molecule has 8 nitrogen and oxygen atoms in total. The molecule has 2 rings (SSSR count). The van der Waals surface area contributed by atoms with E-state index >= 15 is 0 Å². The van der Waals surface area contributed by atoms with Gasteiger partial charge < -0.3 is 20.6 Å². The average molecular weight is 394 g/mol. The summed E-state index contributed by atoms with van der Waals surface area (Å²) in [5.74, 6) is -1.64. The van der Waals surface area contributed by atoms with Crippen LogP contribution in [0.5, 0.6) is 0 Å². The van der Waals surface area contributed by atoms with E-state index in [1.54, 1.807) is 4.90 Å². The molecule has 0 radical (unpaired) electrons. The number of carbonyl (C=O) groups excluding carboxylic acids is 2. The highest BCUT2D eigenvalue weighted by Gasteiger charge is 2.39. The fraction of sp³-hybridized carbons (Fsp3) is 0.812. The van der Waals surface area contributed by atoms with Crippen LogP contribution in [0, 0.1) is 0 Å². The van der Waals surface area contributed by atoms with Gasteiger partial charge in [-0.2, -0.15) is 13.2 Å². The van der Waals surface area contributed by atoms with Gasteiger partial charge in [0.1, 0.15) is 12.6 Å². The third kappa shape index (κ3) is 6.26. The quantitative estimate of drug-likeness (QED) is 0.592. The van der Waals surface area contributed by atoms with Crippen molar-refractivity contribution >= 4 is 17.9 Å². The van der Waals surface area contributed by atoms with Crippen LogP contribution in [0.1, 0.15) is 32.6 Å². The molecule has 1 aliphatic heterocycles. The molecule has 3 N–H and O–H groups in total. The Bertz CT molecular complexity index is 566. The summed E-state index contributed by atoms with van der Waals surface area (Å²) in [4.78, 5) is 37.5. The van der Waals surface area contributed by atoms with Crippen molar-refractivity contribution in [1.29, 1.82) is 0 Å². The molecule has 1 unspecified atom stereocenters. The zero-order valence-corrected chi connectivity index (χ0v) is 15.1. The van der Waals surface area contributed by atoms with Crippen LogP contribution in [0.25, 0.3) is 0 Å². The highest BCUT2D eigenvalue weighted by molar-refractivity contribution is 5.87. The van der Waals surface area contributed by atoms with Crippen molar-refractivity contribution in [2.24, 2.45) is 0 Å². The first-order valence-electron chi connectivity index (χ1n) is 8.97. The van der Waals surface area contributed by atoms with Crippen molar-refractivity contribution < 1.29 is 32.7 Å². The number of likely N-dealkylation sites (tertiary alicyclic amines) is 1. The summed E-state index contributed by atoms with van der Waals surface area (Å²) in [5, 5.41) is 14.0. The van der Waals surface area contributed by atoms with Gasteiger partial charge in [0.05, 0.1) is 6.54 Å². The van der Waals surface area contributed by atoms with Gasteiger partial charge in [0.25, 0.3) is 0 Å². The van der Waals surface area contributed by atoms with Crippen LogP contribution in [-0.4, -0.2) is 83.3 Å². The van der Waals surface area contributed by atoms with Crippen LogP contribution in [0.3, 0.4) is 0 Å². The number of hydrogen-bond donors (Lipinski definition) is 3. The maximum Gasteiger partial charge on any atom is 0.406 e. The Morgan fingerprint density at radius 2 is 1.96 bits per heavy atom. The van der Waals surface area contributed by atoms with Gasteiger partial charge in [-0.25, -0.2) is 4.79 Å². The molecule has 2 aliphatic rings. The summed E-state index contributed by atoms with van der Waals surface area (Å²) < 4.78 is 37.5. The van der Waals surface area contributed by atoms with Gasteiger partial charge in [-0.15, -0.1) is 0 Å². The molecule has 0 aromatic carbocycles. The monoisotopic (exact) mass is 394 g/mol. The van der Waals surface area contributed by atoms with Crippen LogP contribution in [0.2, 0.25) is 0 Å². The predicted molar refractivity (Wildman–Crippen MR) is 89.0 cm³/mol. The Labute approximate surface area is 155 Å². The van der Waals surface area contributed by atoms with Crippen molar-refractivity contribution in [2.75, 3.05) is 26.2 Å². The van der Waals surface area contributed by atoms with E-state index in [1.807, 2.05) is 6.92 Å². The second-order valence-electron chi connectivity index (χ2n) is 6.97. The zero-order valence-electron chi connectivity index (χ0n) is 15.1. The molecule has 1 saturated heterocycles. The van der Waals surface area contributed by atoms with Crippen molar-refractivity contribution in [3.05, 3.63) is 0 Å². The van der Waals surface area contributed by atoms with E-state index < -0.39 is 36.7 Å². The number of amides is 3. The van der Waals surface area contributed by atoms with Gasteiger partial charge in [0.15, 0.2) is 0 Å². The fourth-order valence-electron chi connectivity index (χ4n) is 3.51. The number of nitrogens with zero attached hydrogens (tertiary/aromatic N) is 2. The lowest BCUT2D eigenvalue weighted by Crippen LogP contribution is -2.60. The van der Waals surface area contributed by atoms with Crippen molar-refractivity contribution in [3.8, 4) is 0 Å². The number of nitrogens with one attached hydrogen (secondary N) is 2. The molecule has 0 aromatic rings.